The van der Waals surface area contributed by atoms with E-state index in [-0.39, 0.29) is 12.1 Å². The van der Waals surface area contributed by atoms with Gasteiger partial charge in [-0.1, -0.05) is 59.6 Å². The highest BCUT2D eigenvalue weighted by Gasteiger charge is 2.29. The number of carbonyl (C=O) groups excluding carboxylic acids is 1. The summed E-state index contributed by atoms with van der Waals surface area (Å²) in [6, 6.07) is 17.1. The Bertz CT molecular complexity index is 818. The van der Waals surface area contributed by atoms with Crippen molar-refractivity contribution in [2.45, 2.75) is 65.1 Å². The molecule has 1 saturated heterocycles. The maximum Gasteiger partial charge on any atom is 0.322 e. The number of benzene rings is 2. The Labute approximate surface area is 189 Å². The quantitative estimate of drug-likeness (QED) is 0.503. The van der Waals surface area contributed by atoms with Crippen LogP contribution in [0.25, 0.3) is 0 Å². The van der Waals surface area contributed by atoms with Crippen LogP contribution in [0, 0.1) is 6.92 Å². The number of nitrogens with zero attached hydrogens (tertiary/aromatic N) is 2. The topological polar surface area (TPSA) is 35.6 Å². The van der Waals surface area contributed by atoms with Crippen LogP contribution < -0.4 is 5.32 Å². The highest BCUT2D eigenvalue weighted by Crippen LogP contribution is 2.25. The Morgan fingerprint density at radius 3 is 2.53 bits per heavy atom. The molecule has 0 saturated carbocycles. The predicted molar refractivity (Wildman–Crippen MR) is 129 cm³/mol. The fraction of sp³-hybridized carbons (Fsp3) is 0.480. The number of hydrogen-bond acceptors (Lipinski definition) is 2. The van der Waals surface area contributed by atoms with Crippen molar-refractivity contribution < 1.29 is 4.79 Å². The molecule has 1 aliphatic rings. The molecule has 2 aromatic rings. The molecule has 1 fully saturated rings. The zero-order valence-corrected chi connectivity index (χ0v) is 20.0. The third kappa shape index (κ3) is 6.08. The van der Waals surface area contributed by atoms with E-state index in [0.717, 1.165) is 41.7 Å². The second-order valence-electron chi connectivity index (χ2n) is 8.41. The Morgan fingerprint density at radius 2 is 1.90 bits per heavy atom. The number of piperidine rings is 1. The van der Waals surface area contributed by atoms with Crippen LogP contribution in [0.2, 0.25) is 0 Å². The van der Waals surface area contributed by atoms with Gasteiger partial charge < -0.3 is 15.1 Å². The van der Waals surface area contributed by atoms with Crippen LogP contribution in [0.5, 0.6) is 0 Å². The summed E-state index contributed by atoms with van der Waals surface area (Å²) in [6.07, 6.45) is 4.50. The third-order valence-electron chi connectivity index (χ3n) is 6.16. The van der Waals surface area contributed by atoms with E-state index in [2.05, 4.69) is 52.1 Å². The van der Waals surface area contributed by atoms with Crippen LogP contribution in [0.3, 0.4) is 0 Å². The van der Waals surface area contributed by atoms with Gasteiger partial charge >= 0.3 is 6.03 Å². The van der Waals surface area contributed by atoms with E-state index >= 15 is 0 Å². The summed E-state index contributed by atoms with van der Waals surface area (Å²) in [6.45, 7) is 9.35. The monoisotopic (exact) mass is 471 g/mol. The van der Waals surface area contributed by atoms with Gasteiger partial charge in [0.25, 0.3) is 0 Å². The van der Waals surface area contributed by atoms with Crippen LogP contribution in [0.15, 0.2) is 53.0 Å². The molecule has 2 aromatic carbocycles. The number of anilines is 1. The van der Waals surface area contributed by atoms with Crippen molar-refractivity contribution in [1.29, 1.82) is 0 Å². The van der Waals surface area contributed by atoms with E-state index in [9.17, 15) is 4.79 Å². The first-order valence-electron chi connectivity index (χ1n) is 11.1. The summed E-state index contributed by atoms with van der Waals surface area (Å²) in [5.74, 6) is 0. The highest BCUT2D eigenvalue weighted by atomic mass is 79.9. The van der Waals surface area contributed by atoms with Gasteiger partial charge in [0.05, 0.1) is 0 Å². The smallest absolute Gasteiger partial charge is 0.317 e. The van der Waals surface area contributed by atoms with Crippen LogP contribution in [-0.4, -0.2) is 41.0 Å². The SMILES string of the molecule is CCCC(C)N1CCC(N(Cc2ccccc2)C(=O)Nc2ccc(Br)cc2C)CC1. The highest BCUT2D eigenvalue weighted by molar-refractivity contribution is 9.10. The van der Waals surface area contributed by atoms with Gasteiger partial charge in [-0.15, -0.1) is 0 Å². The molecule has 3 rings (SSSR count). The number of likely N-dealkylation sites (tertiary alicyclic amines) is 1. The van der Waals surface area contributed by atoms with Crippen LogP contribution in [0.4, 0.5) is 10.5 Å². The Kier molecular flexibility index (Phi) is 8.34. The molecule has 1 N–H and O–H groups in total. The molecule has 30 heavy (non-hydrogen) atoms. The molecule has 162 valence electrons. The van der Waals surface area contributed by atoms with Gasteiger partial charge in [0, 0.05) is 41.9 Å². The summed E-state index contributed by atoms with van der Waals surface area (Å²) in [4.78, 5) is 18.0. The van der Waals surface area contributed by atoms with E-state index in [1.54, 1.807) is 0 Å². The zero-order valence-electron chi connectivity index (χ0n) is 18.4. The van der Waals surface area contributed by atoms with Crippen molar-refractivity contribution in [3.8, 4) is 0 Å². The Hall–Kier alpha value is -1.85. The van der Waals surface area contributed by atoms with Crippen LogP contribution in [-0.2, 0) is 6.54 Å². The minimum Gasteiger partial charge on any atom is -0.317 e. The number of rotatable bonds is 7. The molecule has 0 radical (unpaired) electrons. The summed E-state index contributed by atoms with van der Waals surface area (Å²) in [5, 5.41) is 3.16. The molecule has 1 atom stereocenters. The van der Waals surface area contributed by atoms with Crippen LogP contribution in [0.1, 0.15) is 50.7 Å². The second-order valence-corrected chi connectivity index (χ2v) is 9.32. The van der Waals surface area contributed by atoms with Crippen molar-refractivity contribution in [2.75, 3.05) is 18.4 Å². The van der Waals surface area contributed by atoms with Crippen molar-refractivity contribution in [3.05, 3.63) is 64.1 Å². The predicted octanol–water partition coefficient (Wildman–Crippen LogP) is 6.44. The van der Waals surface area contributed by atoms with Crippen molar-refractivity contribution >= 4 is 27.6 Å². The number of nitrogens with one attached hydrogen (secondary N) is 1. The van der Waals surface area contributed by atoms with Gasteiger partial charge in [-0.05, 0) is 62.4 Å². The zero-order chi connectivity index (χ0) is 21.5. The average Bonchev–Trinajstić information content (AvgIpc) is 2.75. The second kappa shape index (κ2) is 11.0. The number of amides is 2. The molecule has 5 heteroatoms. The molecule has 1 unspecified atom stereocenters. The lowest BCUT2D eigenvalue weighted by Gasteiger charge is -2.40. The van der Waals surface area contributed by atoms with Crippen molar-refractivity contribution in [3.63, 3.8) is 0 Å². The maximum atomic E-state index is 13.4. The number of hydrogen-bond donors (Lipinski definition) is 1. The van der Waals surface area contributed by atoms with E-state index in [0.29, 0.717) is 12.6 Å². The number of carbonyl (C=O) groups is 1. The number of aryl methyl sites for hydroxylation is 1. The Balaban J connectivity index is 1.73. The first kappa shape index (κ1) is 22.8. The molecular weight excluding hydrogens is 438 g/mol. The van der Waals surface area contributed by atoms with E-state index in [1.807, 2.05) is 48.2 Å². The lowest BCUT2D eigenvalue weighted by Crippen LogP contribution is -2.50. The first-order valence-corrected chi connectivity index (χ1v) is 11.9. The van der Waals surface area contributed by atoms with E-state index in [1.165, 1.54) is 18.4 Å². The lowest BCUT2D eigenvalue weighted by molar-refractivity contribution is 0.0989. The largest absolute Gasteiger partial charge is 0.322 e. The first-order chi connectivity index (χ1) is 14.5. The van der Waals surface area contributed by atoms with Crippen molar-refractivity contribution in [2.24, 2.45) is 0 Å². The molecule has 4 nitrogen and oxygen atoms in total. The minimum atomic E-state index is -0.00988. The fourth-order valence-electron chi connectivity index (χ4n) is 4.34. The minimum absolute atomic E-state index is 0.00988. The summed E-state index contributed by atoms with van der Waals surface area (Å²) in [7, 11) is 0. The van der Waals surface area contributed by atoms with Gasteiger partial charge in [-0.25, -0.2) is 4.79 Å². The average molecular weight is 472 g/mol. The third-order valence-corrected chi connectivity index (χ3v) is 6.65. The molecule has 0 spiro atoms. The van der Waals surface area contributed by atoms with E-state index < -0.39 is 0 Å². The number of urea groups is 1. The van der Waals surface area contributed by atoms with Crippen LogP contribution >= 0.6 is 15.9 Å². The maximum absolute atomic E-state index is 13.4. The van der Waals surface area contributed by atoms with Crippen molar-refractivity contribution in [1.82, 2.24) is 9.80 Å². The van der Waals surface area contributed by atoms with Gasteiger partial charge in [-0.3, -0.25) is 0 Å². The van der Waals surface area contributed by atoms with Gasteiger partial charge in [-0.2, -0.15) is 0 Å². The van der Waals surface area contributed by atoms with Gasteiger partial charge in [0.1, 0.15) is 0 Å². The molecular formula is C25H34BrN3O. The summed E-state index contributed by atoms with van der Waals surface area (Å²) >= 11 is 3.50. The van der Waals surface area contributed by atoms with Gasteiger partial charge in [0.2, 0.25) is 0 Å². The number of halogens is 1. The normalized spacial score (nSPS) is 16.3. The fourth-order valence-corrected chi connectivity index (χ4v) is 4.82. The van der Waals surface area contributed by atoms with E-state index in [4.69, 9.17) is 0 Å². The summed E-state index contributed by atoms with van der Waals surface area (Å²) in [5.41, 5.74) is 3.10. The Morgan fingerprint density at radius 1 is 1.20 bits per heavy atom. The molecule has 1 aliphatic heterocycles. The summed E-state index contributed by atoms with van der Waals surface area (Å²) < 4.78 is 1.02. The van der Waals surface area contributed by atoms with Gasteiger partial charge in [0.15, 0.2) is 0 Å². The molecule has 1 heterocycles. The standard InChI is InChI=1S/C25H34BrN3O/c1-4-8-20(3)28-15-13-23(14-16-28)29(18-21-9-6-5-7-10-21)25(30)27-24-12-11-22(26)17-19(24)2/h5-7,9-12,17,20,23H,4,8,13-16,18H2,1-3H3,(H,27,30). The molecule has 0 bridgehead atoms. The molecule has 2 amide bonds. The molecule has 0 aliphatic carbocycles. The lowest BCUT2D eigenvalue weighted by atomic mass is 10.00. The molecule has 0 aromatic heterocycles.